The second-order valence-corrected chi connectivity index (χ2v) is 12.7. The van der Waals surface area contributed by atoms with E-state index in [1.807, 2.05) is 73.7 Å². The second kappa shape index (κ2) is 15.9. The number of hydrogen-bond acceptors (Lipinski definition) is 10. The zero-order chi connectivity index (χ0) is 33.9. The SMILES string of the molecule is CNS(=O)(=O)c1ccc(C(C)=NNc2nc(Nc3ccccc3)nc(NCCc3ccc(OC)c(OC)c3)c2Cc2ccccc2)cc1. The first-order valence-corrected chi connectivity index (χ1v) is 16.8. The van der Waals surface area contributed by atoms with Gasteiger partial charge in [0.2, 0.25) is 16.0 Å². The summed E-state index contributed by atoms with van der Waals surface area (Å²) in [5, 5.41) is 11.5. The molecule has 5 rings (SSSR count). The van der Waals surface area contributed by atoms with Gasteiger partial charge < -0.3 is 20.1 Å². The monoisotopic (exact) mass is 665 g/mol. The molecule has 0 atom stereocenters. The van der Waals surface area contributed by atoms with E-state index in [4.69, 9.17) is 19.4 Å². The zero-order valence-electron chi connectivity index (χ0n) is 27.3. The number of sulfonamides is 1. The molecule has 1 aromatic heterocycles. The van der Waals surface area contributed by atoms with Crippen LogP contribution in [-0.2, 0) is 22.9 Å². The summed E-state index contributed by atoms with van der Waals surface area (Å²) in [6.45, 7) is 2.43. The molecule has 0 aliphatic heterocycles. The number of hydrogen-bond donors (Lipinski definition) is 4. The Labute approximate surface area is 281 Å². The maximum absolute atomic E-state index is 12.2. The molecule has 0 bridgehead atoms. The molecule has 12 heteroatoms. The van der Waals surface area contributed by atoms with Gasteiger partial charge in [-0.05, 0) is 73.5 Å². The number of methoxy groups -OCH3 is 2. The van der Waals surface area contributed by atoms with E-state index in [-0.39, 0.29) is 4.90 Å². The van der Waals surface area contributed by atoms with Gasteiger partial charge >= 0.3 is 0 Å². The molecular weight excluding hydrogens is 627 g/mol. The van der Waals surface area contributed by atoms with E-state index >= 15 is 0 Å². The lowest BCUT2D eigenvalue weighted by Crippen LogP contribution is -2.18. The van der Waals surface area contributed by atoms with Crippen LogP contribution in [0.1, 0.15) is 29.2 Å². The number of nitrogens with one attached hydrogen (secondary N) is 4. The molecule has 248 valence electrons. The Hall–Kier alpha value is -5.46. The number of nitrogens with zero attached hydrogens (tertiary/aromatic N) is 3. The van der Waals surface area contributed by atoms with Gasteiger partial charge in [0.05, 0.1) is 24.8 Å². The smallest absolute Gasteiger partial charge is 0.240 e. The average Bonchev–Trinajstić information content (AvgIpc) is 3.12. The molecule has 1 heterocycles. The molecule has 4 N–H and O–H groups in total. The number of rotatable bonds is 15. The third-order valence-electron chi connectivity index (χ3n) is 7.60. The first-order valence-electron chi connectivity index (χ1n) is 15.4. The largest absolute Gasteiger partial charge is 0.493 e. The minimum atomic E-state index is -3.55. The van der Waals surface area contributed by atoms with Gasteiger partial charge in [0, 0.05) is 24.2 Å². The van der Waals surface area contributed by atoms with Crippen LogP contribution in [0.5, 0.6) is 11.5 Å². The molecular formula is C36H39N7O4S. The summed E-state index contributed by atoms with van der Waals surface area (Å²) >= 11 is 0. The molecule has 0 fully saturated rings. The predicted octanol–water partition coefficient (Wildman–Crippen LogP) is 6.23. The summed E-state index contributed by atoms with van der Waals surface area (Å²) < 4.78 is 37.6. The van der Waals surface area contributed by atoms with Gasteiger partial charge in [0.25, 0.3) is 0 Å². The van der Waals surface area contributed by atoms with Crippen LogP contribution in [0, 0.1) is 0 Å². The van der Waals surface area contributed by atoms with Crippen molar-refractivity contribution in [3.8, 4) is 11.5 Å². The number of benzene rings is 4. The number of anilines is 4. The molecule has 4 aromatic carbocycles. The van der Waals surface area contributed by atoms with Crippen LogP contribution in [0.15, 0.2) is 113 Å². The fourth-order valence-electron chi connectivity index (χ4n) is 4.95. The Morgan fingerprint density at radius 3 is 2.12 bits per heavy atom. The van der Waals surface area contributed by atoms with E-state index in [1.165, 1.54) is 7.05 Å². The Morgan fingerprint density at radius 2 is 1.46 bits per heavy atom. The molecule has 0 aliphatic carbocycles. The summed E-state index contributed by atoms with van der Waals surface area (Å²) in [7, 11) is 1.08. The minimum Gasteiger partial charge on any atom is -0.493 e. The first-order chi connectivity index (χ1) is 23.3. The van der Waals surface area contributed by atoms with Gasteiger partial charge in [-0.2, -0.15) is 15.1 Å². The molecule has 0 unspecified atom stereocenters. The molecule has 0 aliphatic rings. The number of ether oxygens (including phenoxy) is 2. The van der Waals surface area contributed by atoms with Gasteiger partial charge in [-0.1, -0.05) is 66.7 Å². The van der Waals surface area contributed by atoms with Crippen LogP contribution in [-0.4, -0.2) is 51.9 Å². The molecule has 0 spiro atoms. The average molecular weight is 666 g/mol. The van der Waals surface area contributed by atoms with E-state index in [0.717, 1.165) is 27.9 Å². The quantitative estimate of drug-likeness (QED) is 0.0758. The Balaban J connectivity index is 1.49. The van der Waals surface area contributed by atoms with Gasteiger partial charge in [0.15, 0.2) is 17.3 Å². The molecule has 0 saturated carbocycles. The van der Waals surface area contributed by atoms with E-state index in [0.29, 0.717) is 54.2 Å². The molecule has 0 saturated heterocycles. The van der Waals surface area contributed by atoms with Crippen molar-refractivity contribution in [1.29, 1.82) is 0 Å². The van der Waals surface area contributed by atoms with Crippen molar-refractivity contribution in [3.05, 3.63) is 125 Å². The van der Waals surface area contributed by atoms with Crippen molar-refractivity contribution in [2.45, 2.75) is 24.7 Å². The van der Waals surface area contributed by atoms with E-state index in [9.17, 15) is 8.42 Å². The molecule has 0 radical (unpaired) electrons. The highest BCUT2D eigenvalue weighted by Crippen LogP contribution is 2.30. The lowest BCUT2D eigenvalue weighted by molar-refractivity contribution is 0.354. The first kappa shape index (κ1) is 33.9. The van der Waals surface area contributed by atoms with E-state index in [2.05, 4.69) is 38.0 Å². The normalized spacial score (nSPS) is 11.5. The van der Waals surface area contributed by atoms with Gasteiger partial charge in [-0.25, -0.2) is 13.1 Å². The maximum atomic E-state index is 12.2. The summed E-state index contributed by atoms with van der Waals surface area (Å²) in [4.78, 5) is 9.95. The summed E-state index contributed by atoms with van der Waals surface area (Å²) in [5.74, 6) is 2.93. The molecule has 5 aromatic rings. The van der Waals surface area contributed by atoms with Crippen molar-refractivity contribution in [3.63, 3.8) is 0 Å². The molecule has 11 nitrogen and oxygen atoms in total. The molecule has 0 amide bonds. The van der Waals surface area contributed by atoms with Gasteiger partial charge in [-0.3, -0.25) is 5.43 Å². The Bertz CT molecular complexity index is 1950. The number of aromatic nitrogens is 2. The van der Waals surface area contributed by atoms with Crippen LogP contribution in [0.25, 0.3) is 0 Å². The minimum absolute atomic E-state index is 0.177. The highest BCUT2D eigenvalue weighted by atomic mass is 32.2. The van der Waals surface area contributed by atoms with E-state index < -0.39 is 10.0 Å². The molecule has 48 heavy (non-hydrogen) atoms. The van der Waals surface area contributed by atoms with Crippen LogP contribution < -0.4 is 30.3 Å². The van der Waals surface area contributed by atoms with Crippen molar-refractivity contribution in [2.75, 3.05) is 43.9 Å². The predicted molar refractivity (Wildman–Crippen MR) is 191 cm³/mol. The Morgan fingerprint density at radius 1 is 0.792 bits per heavy atom. The zero-order valence-corrected chi connectivity index (χ0v) is 28.1. The summed E-state index contributed by atoms with van der Waals surface area (Å²) in [6.07, 6.45) is 1.24. The highest BCUT2D eigenvalue weighted by Gasteiger charge is 2.17. The van der Waals surface area contributed by atoms with Crippen LogP contribution in [0.4, 0.5) is 23.3 Å². The van der Waals surface area contributed by atoms with E-state index in [1.54, 1.807) is 38.5 Å². The second-order valence-electron chi connectivity index (χ2n) is 10.8. The third kappa shape index (κ3) is 8.66. The standard InChI is InChI=1S/C36H39N7O4S/c1-25(28-16-18-30(19-17-28)48(44,45)37-2)42-43-35-31(23-26-11-7-5-8-12-26)34(40-36(41-35)39-29-13-9-6-10-14-29)38-22-21-27-15-20-32(46-3)33(24-27)47-4/h5-20,24,37H,21-23H2,1-4H3,(H3,38,39,40,41,43). The lowest BCUT2D eigenvalue weighted by atomic mass is 10.1. The Kier molecular flexibility index (Phi) is 11.2. The number of para-hydroxylation sites is 1. The van der Waals surface area contributed by atoms with Crippen molar-refractivity contribution in [2.24, 2.45) is 5.10 Å². The van der Waals surface area contributed by atoms with Gasteiger partial charge in [-0.15, -0.1) is 0 Å². The van der Waals surface area contributed by atoms with Crippen molar-refractivity contribution >= 4 is 39.0 Å². The van der Waals surface area contributed by atoms with Crippen molar-refractivity contribution < 1.29 is 17.9 Å². The third-order valence-corrected chi connectivity index (χ3v) is 9.03. The van der Waals surface area contributed by atoms with Crippen LogP contribution in [0.3, 0.4) is 0 Å². The fourth-order valence-corrected chi connectivity index (χ4v) is 5.68. The highest BCUT2D eigenvalue weighted by molar-refractivity contribution is 7.89. The van der Waals surface area contributed by atoms with Gasteiger partial charge in [0.1, 0.15) is 5.82 Å². The fraction of sp³-hybridized carbons (Fsp3) is 0.194. The van der Waals surface area contributed by atoms with Crippen molar-refractivity contribution in [1.82, 2.24) is 14.7 Å². The number of hydrazone groups is 1. The topological polar surface area (TPSA) is 139 Å². The maximum Gasteiger partial charge on any atom is 0.240 e. The summed E-state index contributed by atoms with van der Waals surface area (Å²) in [5.41, 5.74) is 8.42. The van der Waals surface area contributed by atoms with Crippen LogP contribution >= 0.6 is 0 Å². The lowest BCUT2D eigenvalue weighted by Gasteiger charge is -2.18. The van der Waals surface area contributed by atoms with Crippen LogP contribution in [0.2, 0.25) is 0 Å². The summed E-state index contributed by atoms with van der Waals surface area (Å²) in [6, 6.07) is 32.2.